The molecule has 7 heteroatoms. The first-order chi connectivity index (χ1) is 10.5. The van der Waals surface area contributed by atoms with Crippen LogP contribution < -0.4 is 0 Å². The van der Waals surface area contributed by atoms with E-state index in [9.17, 15) is 9.59 Å². The van der Waals surface area contributed by atoms with Crippen LogP contribution in [0.15, 0.2) is 12.5 Å². The van der Waals surface area contributed by atoms with E-state index in [0.717, 1.165) is 19.4 Å². The van der Waals surface area contributed by atoms with Crippen LogP contribution in [0.5, 0.6) is 0 Å². The van der Waals surface area contributed by atoms with Gasteiger partial charge in [-0.25, -0.2) is 4.98 Å². The number of morpholine rings is 1. The predicted molar refractivity (Wildman–Crippen MR) is 79.3 cm³/mol. The Morgan fingerprint density at radius 1 is 1.32 bits per heavy atom. The van der Waals surface area contributed by atoms with Gasteiger partial charge >= 0.3 is 0 Å². The van der Waals surface area contributed by atoms with Gasteiger partial charge in [0, 0.05) is 27.2 Å². The monoisotopic (exact) mass is 306 g/mol. The molecule has 120 valence electrons. The molecule has 3 heterocycles. The molecular formula is C15H22N4O3. The quantitative estimate of drug-likeness (QED) is 0.747. The van der Waals surface area contributed by atoms with Gasteiger partial charge in [-0.1, -0.05) is 0 Å². The van der Waals surface area contributed by atoms with Gasteiger partial charge in [-0.3, -0.25) is 9.59 Å². The third-order valence-corrected chi connectivity index (χ3v) is 4.57. The van der Waals surface area contributed by atoms with Crippen LogP contribution in [0, 0.1) is 0 Å². The van der Waals surface area contributed by atoms with E-state index in [1.165, 1.54) is 0 Å². The maximum absolute atomic E-state index is 12.7. The lowest BCUT2D eigenvalue weighted by Crippen LogP contribution is -2.60. The number of hydrogen-bond donors (Lipinski definition) is 0. The molecule has 2 saturated heterocycles. The Morgan fingerprint density at radius 3 is 2.86 bits per heavy atom. The van der Waals surface area contributed by atoms with Gasteiger partial charge in [0.05, 0.1) is 25.7 Å². The van der Waals surface area contributed by atoms with E-state index in [1.807, 2.05) is 0 Å². The van der Waals surface area contributed by atoms with Crippen molar-refractivity contribution in [3.8, 4) is 0 Å². The summed E-state index contributed by atoms with van der Waals surface area (Å²) >= 11 is 0. The topological polar surface area (TPSA) is 67.7 Å². The van der Waals surface area contributed by atoms with Crippen molar-refractivity contribution in [1.82, 2.24) is 19.4 Å². The zero-order valence-electron chi connectivity index (χ0n) is 13.1. The van der Waals surface area contributed by atoms with Crippen LogP contribution in [0.1, 0.15) is 29.8 Å². The van der Waals surface area contributed by atoms with E-state index in [1.54, 1.807) is 41.0 Å². The number of carbonyl (C=O) groups is 2. The zero-order chi connectivity index (χ0) is 15.7. The van der Waals surface area contributed by atoms with Crippen LogP contribution in [0.4, 0.5) is 0 Å². The number of likely N-dealkylation sites (tertiary alicyclic amines) is 1. The summed E-state index contributed by atoms with van der Waals surface area (Å²) in [5.41, 5.74) is -0.343. The van der Waals surface area contributed by atoms with E-state index in [-0.39, 0.29) is 11.8 Å². The molecule has 1 unspecified atom stereocenters. The molecule has 22 heavy (non-hydrogen) atoms. The second-order valence-corrected chi connectivity index (χ2v) is 6.14. The third kappa shape index (κ3) is 2.49. The molecule has 2 amide bonds. The summed E-state index contributed by atoms with van der Waals surface area (Å²) < 4.78 is 7.59. The zero-order valence-corrected chi connectivity index (χ0v) is 13.1. The summed E-state index contributed by atoms with van der Waals surface area (Å²) in [6.45, 7) is 1.96. The largest absolute Gasteiger partial charge is 0.361 e. The Bertz CT molecular complexity index is 585. The van der Waals surface area contributed by atoms with E-state index in [0.29, 0.717) is 31.8 Å². The Hall–Kier alpha value is -1.89. The van der Waals surface area contributed by atoms with Crippen LogP contribution in [0.2, 0.25) is 0 Å². The van der Waals surface area contributed by atoms with Gasteiger partial charge in [0.25, 0.3) is 11.8 Å². The summed E-state index contributed by atoms with van der Waals surface area (Å²) in [5.74, 6) is -0.102. The molecule has 0 radical (unpaired) electrons. The first-order valence-corrected chi connectivity index (χ1v) is 7.69. The Morgan fingerprint density at radius 2 is 2.14 bits per heavy atom. The summed E-state index contributed by atoms with van der Waals surface area (Å²) in [6.07, 6.45) is 5.75. The number of carbonyl (C=O) groups excluding carboxylic acids is 2. The van der Waals surface area contributed by atoms with Crippen molar-refractivity contribution >= 4 is 11.8 Å². The molecule has 0 saturated carbocycles. The van der Waals surface area contributed by atoms with E-state index in [4.69, 9.17) is 4.74 Å². The summed E-state index contributed by atoms with van der Waals surface area (Å²) in [5, 5.41) is 0. The number of likely N-dealkylation sites (N-methyl/N-ethyl adjacent to an activating group) is 1. The Labute approximate surface area is 129 Å². The second kappa shape index (κ2) is 5.72. The number of aromatic nitrogens is 2. The number of ether oxygens (including phenoxy) is 1. The normalized spacial score (nSPS) is 26.4. The van der Waals surface area contributed by atoms with Gasteiger partial charge in [0.1, 0.15) is 5.69 Å². The minimum absolute atomic E-state index is 0.00694. The highest BCUT2D eigenvalue weighted by Crippen LogP contribution is 2.29. The first kappa shape index (κ1) is 15.0. The van der Waals surface area contributed by atoms with E-state index in [2.05, 4.69) is 4.98 Å². The van der Waals surface area contributed by atoms with Crippen LogP contribution in [0.25, 0.3) is 0 Å². The summed E-state index contributed by atoms with van der Waals surface area (Å²) in [7, 11) is 3.60. The molecule has 1 atom stereocenters. The van der Waals surface area contributed by atoms with Gasteiger partial charge in [0.15, 0.2) is 5.60 Å². The van der Waals surface area contributed by atoms with Crippen molar-refractivity contribution in [3.05, 3.63) is 18.2 Å². The van der Waals surface area contributed by atoms with Crippen molar-refractivity contribution in [1.29, 1.82) is 0 Å². The number of hydrogen-bond acceptors (Lipinski definition) is 4. The highest BCUT2D eigenvalue weighted by Gasteiger charge is 2.47. The molecule has 1 spiro atoms. The Kier molecular flexibility index (Phi) is 3.90. The molecule has 0 bridgehead atoms. The standard InChI is InChI=1S/C15H22N4O3/c1-17-6-4-3-5-15(14(17)21)10-19(7-8-22-15)13(20)12-9-16-11-18(12)2/h9,11H,3-8,10H2,1-2H3. The number of imidazole rings is 1. The molecule has 3 rings (SSSR count). The van der Waals surface area contributed by atoms with E-state index >= 15 is 0 Å². The highest BCUT2D eigenvalue weighted by atomic mass is 16.5. The minimum atomic E-state index is -0.877. The van der Waals surface area contributed by atoms with Crippen molar-refractivity contribution in [2.24, 2.45) is 7.05 Å². The predicted octanol–water partition coefficient (Wildman–Crippen LogP) is 0.274. The number of nitrogens with zero attached hydrogens (tertiary/aromatic N) is 4. The van der Waals surface area contributed by atoms with E-state index < -0.39 is 5.60 Å². The van der Waals surface area contributed by atoms with Crippen molar-refractivity contribution in [3.63, 3.8) is 0 Å². The van der Waals surface area contributed by atoms with Gasteiger partial charge < -0.3 is 19.1 Å². The fourth-order valence-corrected chi connectivity index (χ4v) is 3.28. The van der Waals surface area contributed by atoms with Crippen molar-refractivity contribution in [2.45, 2.75) is 24.9 Å². The second-order valence-electron chi connectivity index (χ2n) is 6.14. The summed E-state index contributed by atoms with van der Waals surface area (Å²) in [6, 6.07) is 0. The van der Waals surface area contributed by atoms with Crippen LogP contribution in [-0.4, -0.2) is 70.1 Å². The lowest BCUT2D eigenvalue weighted by Gasteiger charge is -2.42. The number of amides is 2. The third-order valence-electron chi connectivity index (χ3n) is 4.57. The highest BCUT2D eigenvalue weighted by molar-refractivity contribution is 5.93. The SMILES string of the molecule is CN1CCCCC2(CN(C(=O)c3cncn3C)CCO2)C1=O. The maximum Gasteiger partial charge on any atom is 0.272 e. The molecule has 2 aliphatic heterocycles. The maximum atomic E-state index is 12.7. The summed E-state index contributed by atoms with van der Waals surface area (Å²) in [4.78, 5) is 32.8. The average Bonchev–Trinajstić information content (AvgIpc) is 2.91. The van der Waals surface area contributed by atoms with Gasteiger partial charge in [-0.15, -0.1) is 0 Å². The molecule has 1 aromatic heterocycles. The minimum Gasteiger partial charge on any atom is -0.361 e. The lowest BCUT2D eigenvalue weighted by atomic mass is 9.94. The Balaban J connectivity index is 1.83. The molecule has 2 aliphatic rings. The molecular weight excluding hydrogens is 284 g/mol. The molecule has 0 aliphatic carbocycles. The number of rotatable bonds is 1. The van der Waals surface area contributed by atoms with Gasteiger partial charge in [0.2, 0.25) is 0 Å². The van der Waals surface area contributed by atoms with Crippen molar-refractivity contribution in [2.75, 3.05) is 33.3 Å². The van der Waals surface area contributed by atoms with Crippen molar-refractivity contribution < 1.29 is 14.3 Å². The van der Waals surface area contributed by atoms with Crippen LogP contribution >= 0.6 is 0 Å². The molecule has 7 nitrogen and oxygen atoms in total. The fourth-order valence-electron chi connectivity index (χ4n) is 3.28. The molecule has 1 aromatic rings. The smallest absolute Gasteiger partial charge is 0.272 e. The van der Waals surface area contributed by atoms with Crippen LogP contribution in [-0.2, 0) is 16.6 Å². The van der Waals surface area contributed by atoms with Gasteiger partial charge in [-0.2, -0.15) is 0 Å². The molecule has 0 N–H and O–H groups in total. The lowest BCUT2D eigenvalue weighted by molar-refractivity contribution is -0.166. The fraction of sp³-hybridized carbons (Fsp3) is 0.667. The first-order valence-electron chi connectivity index (χ1n) is 7.69. The molecule has 0 aromatic carbocycles. The number of aryl methyl sites for hydroxylation is 1. The molecule has 2 fully saturated rings. The van der Waals surface area contributed by atoms with Gasteiger partial charge in [-0.05, 0) is 19.3 Å². The average molecular weight is 306 g/mol. The van der Waals surface area contributed by atoms with Crippen LogP contribution in [0.3, 0.4) is 0 Å².